The molecule has 166 valence electrons. The molecule has 4 aromatic rings. The zero-order valence-electron chi connectivity index (χ0n) is 17.9. The molecule has 1 aliphatic rings. The van der Waals surface area contributed by atoms with Crippen molar-refractivity contribution in [2.75, 3.05) is 12.1 Å². The minimum Gasteiger partial charge on any atom is -0.454 e. The number of nitrogens with one attached hydrogen (secondary N) is 1. The minimum absolute atomic E-state index is 0.0506. The molecule has 0 spiro atoms. The standard InChI is InChI=1S/C24H19N3O5S/c1-13(28)16-8-18-19(32-12-31-18)9-17(16)26-20(29)10-27-11-25-23-22(24(27)30)21(14(2)33-23)15-6-4-3-5-7-15/h3-9,11H,10,12H2,1-2H3,(H,26,29). The van der Waals surface area contributed by atoms with Crippen LogP contribution in [0, 0.1) is 6.92 Å². The van der Waals surface area contributed by atoms with Gasteiger partial charge in [-0.2, -0.15) is 0 Å². The topological polar surface area (TPSA) is 99.5 Å². The summed E-state index contributed by atoms with van der Waals surface area (Å²) in [4.78, 5) is 44.2. The predicted octanol–water partition coefficient (Wildman–Crippen LogP) is 4.00. The molecule has 0 unspecified atom stereocenters. The van der Waals surface area contributed by atoms with Crippen LogP contribution in [0.25, 0.3) is 21.3 Å². The second kappa shape index (κ2) is 8.18. The number of hydrogen-bond donors (Lipinski definition) is 1. The highest BCUT2D eigenvalue weighted by molar-refractivity contribution is 7.19. The second-order valence-electron chi connectivity index (χ2n) is 7.61. The van der Waals surface area contributed by atoms with Crippen LogP contribution >= 0.6 is 11.3 Å². The van der Waals surface area contributed by atoms with Crippen LogP contribution in [-0.2, 0) is 11.3 Å². The number of carbonyl (C=O) groups excluding carboxylic acids is 2. The van der Waals surface area contributed by atoms with Crippen molar-refractivity contribution >= 4 is 38.9 Å². The largest absolute Gasteiger partial charge is 0.454 e. The van der Waals surface area contributed by atoms with Crippen molar-refractivity contribution in [1.82, 2.24) is 9.55 Å². The van der Waals surface area contributed by atoms with Crippen LogP contribution in [0.2, 0.25) is 0 Å². The summed E-state index contributed by atoms with van der Waals surface area (Å²) >= 11 is 1.45. The first-order chi connectivity index (χ1) is 15.9. The van der Waals surface area contributed by atoms with Crippen molar-refractivity contribution in [3.05, 3.63) is 69.6 Å². The van der Waals surface area contributed by atoms with E-state index in [0.29, 0.717) is 33.0 Å². The third-order valence-corrected chi connectivity index (χ3v) is 6.41. The van der Waals surface area contributed by atoms with Crippen molar-refractivity contribution in [1.29, 1.82) is 0 Å². The molecule has 0 bridgehead atoms. The van der Waals surface area contributed by atoms with Gasteiger partial charge in [-0.15, -0.1) is 11.3 Å². The number of rotatable bonds is 5. The number of aromatic nitrogens is 2. The Morgan fingerprint density at radius 2 is 1.88 bits per heavy atom. The number of amides is 1. The molecule has 1 amide bonds. The monoisotopic (exact) mass is 461 g/mol. The number of Topliss-reactive ketones (excluding diaryl/α,β-unsaturated/α-hetero) is 1. The lowest BCUT2D eigenvalue weighted by Gasteiger charge is -2.11. The molecule has 8 nitrogen and oxygen atoms in total. The lowest BCUT2D eigenvalue weighted by Crippen LogP contribution is -2.28. The molecule has 0 radical (unpaired) electrons. The average Bonchev–Trinajstić information content (AvgIpc) is 3.39. The van der Waals surface area contributed by atoms with E-state index in [4.69, 9.17) is 9.47 Å². The van der Waals surface area contributed by atoms with Crippen LogP contribution in [0.5, 0.6) is 11.5 Å². The molecule has 0 fully saturated rings. The molecule has 0 saturated carbocycles. The Hall–Kier alpha value is -3.98. The molecule has 33 heavy (non-hydrogen) atoms. The van der Waals surface area contributed by atoms with Crippen LogP contribution < -0.4 is 20.3 Å². The van der Waals surface area contributed by atoms with Gasteiger partial charge in [-0.25, -0.2) is 4.98 Å². The Bertz CT molecular complexity index is 1470. The van der Waals surface area contributed by atoms with Gasteiger partial charge in [0.2, 0.25) is 12.7 Å². The van der Waals surface area contributed by atoms with Crippen molar-refractivity contribution in [3.63, 3.8) is 0 Å². The molecule has 3 heterocycles. The number of hydrogen-bond acceptors (Lipinski definition) is 7. The summed E-state index contributed by atoms with van der Waals surface area (Å²) < 4.78 is 11.9. The summed E-state index contributed by atoms with van der Waals surface area (Å²) in [5.74, 6) is 0.195. The van der Waals surface area contributed by atoms with Crippen molar-refractivity contribution in [2.45, 2.75) is 20.4 Å². The number of anilines is 1. The van der Waals surface area contributed by atoms with E-state index >= 15 is 0 Å². The summed E-state index contributed by atoms with van der Waals surface area (Å²) in [6, 6.07) is 12.7. The maximum Gasteiger partial charge on any atom is 0.263 e. The van der Waals surface area contributed by atoms with Gasteiger partial charge in [0, 0.05) is 22.1 Å². The SMILES string of the molecule is CC(=O)c1cc2c(cc1NC(=O)Cn1cnc3sc(C)c(-c4ccccc4)c3c1=O)OCO2. The Labute approximate surface area is 192 Å². The first kappa shape index (κ1) is 20.9. The second-order valence-corrected chi connectivity index (χ2v) is 8.82. The van der Waals surface area contributed by atoms with E-state index < -0.39 is 5.91 Å². The average molecular weight is 461 g/mol. The fourth-order valence-corrected chi connectivity index (χ4v) is 4.89. The quantitative estimate of drug-likeness (QED) is 0.451. The summed E-state index contributed by atoms with van der Waals surface area (Å²) in [5.41, 5.74) is 2.06. The fourth-order valence-electron chi connectivity index (χ4n) is 3.88. The van der Waals surface area contributed by atoms with Gasteiger partial charge in [0.05, 0.1) is 17.4 Å². The maximum atomic E-state index is 13.3. The zero-order chi connectivity index (χ0) is 23.1. The van der Waals surface area contributed by atoms with E-state index in [1.54, 1.807) is 12.1 Å². The summed E-state index contributed by atoms with van der Waals surface area (Å²) in [5, 5.41) is 3.21. The third kappa shape index (κ3) is 3.76. The number of nitrogens with zero attached hydrogens (tertiary/aromatic N) is 2. The molecule has 1 aliphatic heterocycles. The molecule has 0 saturated heterocycles. The molecule has 0 atom stereocenters. The molecule has 2 aromatic carbocycles. The van der Waals surface area contributed by atoms with Gasteiger partial charge >= 0.3 is 0 Å². The highest BCUT2D eigenvalue weighted by atomic mass is 32.1. The van der Waals surface area contributed by atoms with Gasteiger partial charge in [0.1, 0.15) is 11.4 Å². The molecule has 5 rings (SSSR count). The third-order valence-electron chi connectivity index (χ3n) is 5.40. The zero-order valence-corrected chi connectivity index (χ0v) is 18.7. The number of ether oxygens (including phenoxy) is 2. The van der Waals surface area contributed by atoms with Crippen LogP contribution in [0.15, 0.2) is 53.6 Å². The van der Waals surface area contributed by atoms with Crippen molar-refractivity contribution in [2.24, 2.45) is 0 Å². The van der Waals surface area contributed by atoms with E-state index in [0.717, 1.165) is 16.0 Å². The molecular formula is C24H19N3O5S. The van der Waals surface area contributed by atoms with Crippen molar-refractivity contribution < 1.29 is 19.1 Å². The van der Waals surface area contributed by atoms with Crippen LogP contribution in [0.1, 0.15) is 22.2 Å². The van der Waals surface area contributed by atoms with Gasteiger partial charge in [-0.1, -0.05) is 30.3 Å². The molecule has 1 N–H and O–H groups in total. The van der Waals surface area contributed by atoms with E-state index in [2.05, 4.69) is 10.3 Å². The highest BCUT2D eigenvalue weighted by Crippen LogP contribution is 2.37. The van der Waals surface area contributed by atoms with E-state index in [1.807, 2.05) is 37.3 Å². The number of thiophene rings is 1. The van der Waals surface area contributed by atoms with Crippen molar-refractivity contribution in [3.8, 4) is 22.6 Å². The fraction of sp³-hybridized carbons (Fsp3) is 0.167. The number of aryl methyl sites for hydroxylation is 1. The first-order valence-electron chi connectivity index (χ1n) is 10.2. The Morgan fingerprint density at radius 3 is 2.61 bits per heavy atom. The van der Waals surface area contributed by atoms with Crippen LogP contribution in [0.3, 0.4) is 0 Å². The maximum absolute atomic E-state index is 13.3. The number of benzene rings is 2. The summed E-state index contributed by atoms with van der Waals surface area (Å²) in [6.07, 6.45) is 1.38. The van der Waals surface area contributed by atoms with Gasteiger partial charge in [-0.3, -0.25) is 19.0 Å². The van der Waals surface area contributed by atoms with E-state index in [1.165, 1.54) is 29.2 Å². The molecular weight excluding hydrogens is 442 g/mol. The first-order valence-corrected chi connectivity index (χ1v) is 11.0. The van der Waals surface area contributed by atoms with Crippen LogP contribution in [0.4, 0.5) is 5.69 Å². The lowest BCUT2D eigenvalue weighted by molar-refractivity contribution is -0.116. The molecule has 9 heteroatoms. The van der Waals surface area contributed by atoms with Crippen LogP contribution in [-0.4, -0.2) is 28.0 Å². The smallest absolute Gasteiger partial charge is 0.263 e. The molecule has 0 aliphatic carbocycles. The van der Waals surface area contributed by atoms with Gasteiger partial charge in [-0.05, 0) is 25.5 Å². The number of ketones is 1. The minimum atomic E-state index is -0.465. The number of carbonyl (C=O) groups is 2. The summed E-state index contributed by atoms with van der Waals surface area (Å²) in [7, 11) is 0. The van der Waals surface area contributed by atoms with E-state index in [-0.39, 0.29) is 24.7 Å². The summed E-state index contributed by atoms with van der Waals surface area (Å²) in [6.45, 7) is 3.15. The van der Waals surface area contributed by atoms with Gasteiger partial charge in [0.15, 0.2) is 17.3 Å². The lowest BCUT2D eigenvalue weighted by atomic mass is 10.0. The Balaban J connectivity index is 1.48. The normalized spacial score (nSPS) is 12.2. The Morgan fingerprint density at radius 1 is 1.15 bits per heavy atom. The molecule has 2 aromatic heterocycles. The van der Waals surface area contributed by atoms with E-state index in [9.17, 15) is 14.4 Å². The number of fused-ring (bicyclic) bond motifs is 2. The van der Waals surface area contributed by atoms with Gasteiger partial charge in [0.25, 0.3) is 5.56 Å². The highest BCUT2D eigenvalue weighted by Gasteiger charge is 2.21. The van der Waals surface area contributed by atoms with Gasteiger partial charge < -0.3 is 14.8 Å². The Kier molecular flexibility index (Phi) is 5.18. The predicted molar refractivity (Wildman–Crippen MR) is 125 cm³/mol.